The second-order valence-corrected chi connectivity index (χ2v) is 3.76. The van der Waals surface area contributed by atoms with Gasteiger partial charge in [-0.05, 0) is 14.0 Å². The topological polar surface area (TPSA) is 98.7 Å². The summed E-state index contributed by atoms with van der Waals surface area (Å²) in [6.07, 6.45) is 0. The number of carboxylic acids is 1. The van der Waals surface area contributed by atoms with Gasteiger partial charge in [-0.15, -0.1) is 0 Å². The molecule has 0 saturated heterocycles. The summed E-state index contributed by atoms with van der Waals surface area (Å²) in [6.45, 7) is 3.59. The van der Waals surface area contributed by atoms with Gasteiger partial charge < -0.3 is 15.7 Å². The number of hydrogen-bond donors (Lipinski definition) is 3. The van der Waals surface area contributed by atoms with Gasteiger partial charge in [0.15, 0.2) is 0 Å². The first kappa shape index (κ1) is 15.4. The fourth-order valence-corrected chi connectivity index (χ4v) is 1.05. The smallest absolute Gasteiger partial charge is 0.320 e. The van der Waals surface area contributed by atoms with Crippen molar-refractivity contribution in [1.29, 1.82) is 0 Å². The number of likely N-dealkylation sites (N-methyl/N-ethyl adjacent to an activating group) is 1. The van der Waals surface area contributed by atoms with E-state index in [2.05, 4.69) is 10.6 Å². The van der Waals surface area contributed by atoms with E-state index in [0.29, 0.717) is 13.1 Å². The van der Waals surface area contributed by atoms with Crippen LogP contribution in [-0.4, -0.2) is 60.5 Å². The van der Waals surface area contributed by atoms with Crippen LogP contribution in [0.5, 0.6) is 0 Å². The lowest BCUT2D eigenvalue weighted by molar-refractivity contribution is -0.142. The number of aliphatic carboxylic acids is 1. The van der Waals surface area contributed by atoms with E-state index in [0.717, 1.165) is 0 Å². The van der Waals surface area contributed by atoms with Gasteiger partial charge in [-0.3, -0.25) is 19.3 Å². The summed E-state index contributed by atoms with van der Waals surface area (Å²) >= 11 is 0. The van der Waals surface area contributed by atoms with Crippen LogP contribution in [0.1, 0.15) is 13.8 Å². The Hall–Kier alpha value is -1.63. The van der Waals surface area contributed by atoms with E-state index in [9.17, 15) is 14.4 Å². The Balaban J connectivity index is 3.78. The molecule has 0 saturated carbocycles. The second-order valence-electron chi connectivity index (χ2n) is 3.76. The van der Waals surface area contributed by atoms with Crippen LogP contribution in [0, 0.1) is 0 Å². The van der Waals surface area contributed by atoms with Gasteiger partial charge in [-0.25, -0.2) is 0 Å². The molecule has 1 atom stereocenters. The summed E-state index contributed by atoms with van der Waals surface area (Å²) in [6, 6.07) is -0.712. The molecule has 3 N–H and O–H groups in total. The van der Waals surface area contributed by atoms with E-state index in [1.54, 1.807) is 7.05 Å². The van der Waals surface area contributed by atoms with Crippen LogP contribution in [0.15, 0.2) is 0 Å². The highest BCUT2D eigenvalue weighted by atomic mass is 16.4. The van der Waals surface area contributed by atoms with Crippen molar-refractivity contribution >= 4 is 17.8 Å². The lowest BCUT2D eigenvalue weighted by Crippen LogP contribution is -2.44. The highest BCUT2D eigenvalue weighted by molar-refractivity contribution is 5.79. The number of carboxylic acid groups (broad SMARTS) is 1. The highest BCUT2D eigenvalue weighted by Crippen LogP contribution is 1.94. The average molecular weight is 245 g/mol. The van der Waals surface area contributed by atoms with Crippen LogP contribution in [0.4, 0.5) is 0 Å². The molecule has 0 aromatic carbocycles. The van der Waals surface area contributed by atoms with E-state index >= 15 is 0 Å². The second kappa shape index (κ2) is 7.61. The quantitative estimate of drug-likeness (QED) is 0.481. The highest BCUT2D eigenvalue weighted by Gasteiger charge is 2.18. The molecule has 7 nitrogen and oxygen atoms in total. The zero-order valence-corrected chi connectivity index (χ0v) is 10.3. The molecule has 7 heteroatoms. The standard InChI is InChI=1S/C10H19N3O4/c1-7(10(16)17)13(3)6-9(15)12-5-4-11-8(2)14/h7H,4-6H2,1-3H3,(H,11,14)(H,12,15)(H,16,17). The van der Waals surface area contributed by atoms with E-state index in [4.69, 9.17) is 5.11 Å². The summed E-state index contributed by atoms with van der Waals surface area (Å²) in [5.74, 6) is -1.40. The summed E-state index contributed by atoms with van der Waals surface area (Å²) in [5, 5.41) is 13.8. The van der Waals surface area contributed by atoms with Crippen molar-refractivity contribution in [3.63, 3.8) is 0 Å². The normalized spacial score (nSPS) is 12.0. The Labute approximate surface area is 100 Å². The van der Waals surface area contributed by atoms with Gasteiger partial charge in [-0.2, -0.15) is 0 Å². The molecular formula is C10H19N3O4. The van der Waals surface area contributed by atoms with E-state index < -0.39 is 12.0 Å². The largest absolute Gasteiger partial charge is 0.480 e. The Morgan fingerprint density at radius 2 is 1.76 bits per heavy atom. The number of nitrogens with zero attached hydrogens (tertiary/aromatic N) is 1. The molecule has 0 spiro atoms. The van der Waals surface area contributed by atoms with Crippen molar-refractivity contribution in [3.05, 3.63) is 0 Å². The molecule has 98 valence electrons. The van der Waals surface area contributed by atoms with Crippen LogP contribution >= 0.6 is 0 Å². The van der Waals surface area contributed by atoms with Crippen molar-refractivity contribution in [1.82, 2.24) is 15.5 Å². The number of amides is 2. The molecule has 0 aliphatic heterocycles. The van der Waals surface area contributed by atoms with E-state index in [-0.39, 0.29) is 18.4 Å². The zero-order valence-electron chi connectivity index (χ0n) is 10.3. The number of rotatable bonds is 7. The molecule has 0 bridgehead atoms. The number of carbonyl (C=O) groups is 3. The summed E-state index contributed by atoms with van der Waals surface area (Å²) in [4.78, 5) is 34.0. The molecule has 0 radical (unpaired) electrons. The minimum atomic E-state index is -0.974. The first-order chi connectivity index (χ1) is 7.84. The molecule has 0 aromatic heterocycles. The number of hydrogen-bond acceptors (Lipinski definition) is 4. The Kier molecular flexibility index (Phi) is 6.88. The maximum absolute atomic E-state index is 11.4. The predicted octanol–water partition coefficient (Wildman–Crippen LogP) is -1.36. The molecule has 0 aliphatic carbocycles. The molecule has 0 fully saturated rings. The molecular weight excluding hydrogens is 226 g/mol. The fourth-order valence-electron chi connectivity index (χ4n) is 1.05. The molecule has 17 heavy (non-hydrogen) atoms. The lowest BCUT2D eigenvalue weighted by Gasteiger charge is -2.20. The van der Waals surface area contributed by atoms with Crippen molar-refractivity contribution in [2.75, 3.05) is 26.7 Å². The summed E-state index contributed by atoms with van der Waals surface area (Å²) < 4.78 is 0. The van der Waals surface area contributed by atoms with Gasteiger partial charge in [0.1, 0.15) is 6.04 Å². The molecule has 0 heterocycles. The monoisotopic (exact) mass is 245 g/mol. The maximum atomic E-state index is 11.4. The molecule has 2 amide bonds. The van der Waals surface area contributed by atoms with Crippen molar-refractivity contribution < 1.29 is 19.5 Å². The third-order valence-electron chi connectivity index (χ3n) is 2.23. The van der Waals surface area contributed by atoms with Gasteiger partial charge in [0, 0.05) is 20.0 Å². The van der Waals surface area contributed by atoms with Crippen molar-refractivity contribution in [3.8, 4) is 0 Å². The Bertz CT molecular complexity index is 293. The van der Waals surface area contributed by atoms with Gasteiger partial charge in [-0.1, -0.05) is 0 Å². The van der Waals surface area contributed by atoms with Crippen molar-refractivity contribution in [2.45, 2.75) is 19.9 Å². The van der Waals surface area contributed by atoms with E-state index in [1.807, 2.05) is 0 Å². The Morgan fingerprint density at radius 1 is 1.24 bits per heavy atom. The van der Waals surface area contributed by atoms with Crippen LogP contribution in [-0.2, 0) is 14.4 Å². The van der Waals surface area contributed by atoms with Crippen molar-refractivity contribution in [2.24, 2.45) is 0 Å². The predicted molar refractivity (Wildman–Crippen MR) is 61.4 cm³/mol. The lowest BCUT2D eigenvalue weighted by atomic mass is 10.3. The minimum Gasteiger partial charge on any atom is -0.480 e. The summed E-state index contributed by atoms with van der Waals surface area (Å²) in [5.41, 5.74) is 0. The first-order valence-corrected chi connectivity index (χ1v) is 5.28. The SMILES string of the molecule is CC(=O)NCCNC(=O)CN(C)C(C)C(=O)O. The van der Waals surface area contributed by atoms with Crippen LogP contribution in [0.25, 0.3) is 0 Å². The number of nitrogens with one attached hydrogen (secondary N) is 2. The molecule has 0 aliphatic rings. The first-order valence-electron chi connectivity index (χ1n) is 5.28. The molecule has 0 aromatic rings. The van der Waals surface area contributed by atoms with E-state index in [1.165, 1.54) is 18.7 Å². The summed E-state index contributed by atoms with van der Waals surface area (Å²) in [7, 11) is 1.56. The number of carbonyl (C=O) groups excluding carboxylic acids is 2. The van der Waals surface area contributed by atoms with Gasteiger partial charge >= 0.3 is 5.97 Å². The van der Waals surface area contributed by atoms with Crippen LogP contribution in [0.2, 0.25) is 0 Å². The van der Waals surface area contributed by atoms with Crippen LogP contribution < -0.4 is 10.6 Å². The van der Waals surface area contributed by atoms with Gasteiger partial charge in [0.25, 0.3) is 0 Å². The minimum absolute atomic E-state index is 0.00748. The average Bonchev–Trinajstić information content (AvgIpc) is 2.22. The fraction of sp³-hybridized carbons (Fsp3) is 0.700. The van der Waals surface area contributed by atoms with Gasteiger partial charge in [0.2, 0.25) is 11.8 Å². The third-order valence-corrected chi connectivity index (χ3v) is 2.23. The molecule has 1 unspecified atom stereocenters. The van der Waals surface area contributed by atoms with Crippen LogP contribution in [0.3, 0.4) is 0 Å². The Morgan fingerprint density at radius 3 is 2.24 bits per heavy atom. The zero-order chi connectivity index (χ0) is 13.4. The third kappa shape index (κ3) is 7.29. The maximum Gasteiger partial charge on any atom is 0.320 e. The molecule has 0 rings (SSSR count). The van der Waals surface area contributed by atoms with Gasteiger partial charge in [0.05, 0.1) is 6.54 Å².